The van der Waals surface area contributed by atoms with Crippen molar-refractivity contribution in [2.75, 3.05) is 31.5 Å². The van der Waals surface area contributed by atoms with Crippen LogP contribution in [0, 0.1) is 27.7 Å². The molecule has 0 unspecified atom stereocenters. The molecular formula is C23H32N3O3S+. The van der Waals surface area contributed by atoms with Crippen LogP contribution in [0.15, 0.2) is 41.3 Å². The molecule has 0 saturated carbocycles. The molecule has 1 aliphatic rings. The minimum absolute atomic E-state index is 0.0391. The Morgan fingerprint density at radius 3 is 2.20 bits per heavy atom. The van der Waals surface area contributed by atoms with Gasteiger partial charge in [-0.1, -0.05) is 29.8 Å². The Kier molecular flexibility index (Phi) is 6.65. The van der Waals surface area contributed by atoms with E-state index in [0.717, 1.165) is 32.8 Å². The summed E-state index contributed by atoms with van der Waals surface area (Å²) < 4.78 is 27.8. The van der Waals surface area contributed by atoms with Gasteiger partial charge in [-0.05, 0) is 63.4 Å². The maximum atomic E-state index is 13.1. The van der Waals surface area contributed by atoms with Crippen LogP contribution in [0.1, 0.15) is 29.2 Å². The lowest BCUT2D eigenvalue weighted by molar-refractivity contribution is -0.917. The molecule has 0 radical (unpaired) electrons. The highest BCUT2D eigenvalue weighted by Crippen LogP contribution is 2.21. The lowest BCUT2D eigenvalue weighted by Crippen LogP contribution is -3.19. The average molecular weight is 431 g/mol. The zero-order valence-corrected chi connectivity index (χ0v) is 19.3. The summed E-state index contributed by atoms with van der Waals surface area (Å²) in [5, 5.41) is 3.02. The molecule has 0 bridgehead atoms. The van der Waals surface area contributed by atoms with Crippen molar-refractivity contribution in [1.82, 2.24) is 4.31 Å². The number of hydrogen-bond acceptors (Lipinski definition) is 3. The van der Waals surface area contributed by atoms with Crippen molar-refractivity contribution in [2.45, 2.75) is 45.6 Å². The summed E-state index contributed by atoms with van der Waals surface area (Å²) in [4.78, 5) is 14.2. The van der Waals surface area contributed by atoms with E-state index in [4.69, 9.17) is 0 Å². The highest BCUT2D eigenvalue weighted by atomic mass is 32.2. The summed E-state index contributed by atoms with van der Waals surface area (Å²) in [7, 11) is -3.52. The molecule has 1 fully saturated rings. The Morgan fingerprint density at radius 1 is 0.967 bits per heavy atom. The standard InChI is InChI=1S/C23H31N3O3S/c1-16-7-9-21(19(4)14-16)24-23(27)20(5)25-10-12-26(13-11-25)30(28,29)22-15-17(2)6-8-18(22)3/h6-9,14-15,20H,10-13H2,1-5H3,(H,24,27)/p+1/t20-/m0/s1. The molecule has 6 nitrogen and oxygen atoms in total. The summed E-state index contributed by atoms with van der Waals surface area (Å²) in [6.45, 7) is 11.7. The number of piperazine rings is 1. The van der Waals surface area contributed by atoms with Crippen molar-refractivity contribution in [3.05, 3.63) is 58.7 Å². The monoisotopic (exact) mass is 430 g/mol. The first-order chi connectivity index (χ1) is 14.1. The number of aryl methyl sites for hydroxylation is 4. The number of quaternary nitrogens is 1. The summed E-state index contributed by atoms with van der Waals surface area (Å²) in [5.41, 5.74) is 4.71. The van der Waals surface area contributed by atoms with Crippen molar-refractivity contribution in [2.24, 2.45) is 0 Å². The maximum Gasteiger partial charge on any atom is 0.282 e. The molecule has 1 atom stereocenters. The molecule has 7 heteroatoms. The molecule has 2 N–H and O–H groups in total. The topological polar surface area (TPSA) is 70.9 Å². The number of amides is 1. The minimum atomic E-state index is -3.52. The van der Waals surface area contributed by atoms with Gasteiger partial charge in [0.05, 0.1) is 31.1 Å². The second-order valence-corrected chi connectivity index (χ2v) is 10.3. The number of anilines is 1. The average Bonchev–Trinajstić information content (AvgIpc) is 2.71. The zero-order valence-electron chi connectivity index (χ0n) is 18.5. The minimum Gasteiger partial charge on any atom is -0.323 e. The molecule has 30 heavy (non-hydrogen) atoms. The van der Waals surface area contributed by atoms with Crippen LogP contribution in [0.5, 0.6) is 0 Å². The number of hydrogen-bond donors (Lipinski definition) is 2. The molecule has 3 rings (SSSR count). The predicted octanol–water partition coefficient (Wildman–Crippen LogP) is 1.84. The van der Waals surface area contributed by atoms with Gasteiger partial charge in [0.25, 0.3) is 5.91 Å². The quantitative estimate of drug-likeness (QED) is 0.760. The van der Waals surface area contributed by atoms with Crippen molar-refractivity contribution >= 4 is 21.6 Å². The Morgan fingerprint density at radius 2 is 1.57 bits per heavy atom. The van der Waals surface area contributed by atoms with Gasteiger partial charge in [0, 0.05) is 5.69 Å². The Labute approximate surface area is 179 Å². The molecule has 0 spiro atoms. The number of benzene rings is 2. The summed E-state index contributed by atoms with van der Waals surface area (Å²) >= 11 is 0. The van der Waals surface area contributed by atoms with Crippen LogP contribution >= 0.6 is 0 Å². The van der Waals surface area contributed by atoms with E-state index in [9.17, 15) is 13.2 Å². The van der Waals surface area contributed by atoms with Crippen molar-refractivity contribution < 1.29 is 18.1 Å². The lowest BCUT2D eigenvalue weighted by atomic mass is 10.1. The SMILES string of the molecule is Cc1ccc(NC(=O)[C@H](C)[NH+]2CCN(S(=O)(=O)c3cc(C)ccc3C)CC2)c(C)c1. The van der Waals surface area contributed by atoms with E-state index in [2.05, 4.69) is 5.32 Å². The highest BCUT2D eigenvalue weighted by molar-refractivity contribution is 7.89. The predicted molar refractivity (Wildman–Crippen MR) is 119 cm³/mol. The zero-order chi connectivity index (χ0) is 22.1. The summed E-state index contributed by atoms with van der Waals surface area (Å²) in [6, 6.07) is 11.2. The van der Waals surface area contributed by atoms with Gasteiger partial charge in [-0.3, -0.25) is 4.79 Å². The van der Waals surface area contributed by atoms with E-state index in [1.54, 1.807) is 10.4 Å². The molecule has 2 aromatic rings. The third-order valence-electron chi connectivity index (χ3n) is 5.97. The molecule has 1 amide bonds. The number of nitrogens with one attached hydrogen (secondary N) is 2. The molecule has 1 saturated heterocycles. The molecular weight excluding hydrogens is 398 g/mol. The Hall–Kier alpha value is -2.22. The Bertz CT molecular complexity index is 1040. The van der Waals surface area contributed by atoms with Crippen LogP contribution in [0.3, 0.4) is 0 Å². The van der Waals surface area contributed by atoms with Gasteiger partial charge < -0.3 is 10.2 Å². The maximum absolute atomic E-state index is 13.1. The molecule has 0 aromatic heterocycles. The fraction of sp³-hybridized carbons (Fsp3) is 0.435. The van der Waals surface area contributed by atoms with Crippen LogP contribution in [0.2, 0.25) is 0 Å². The normalized spacial score (nSPS) is 17.0. The van der Waals surface area contributed by atoms with E-state index in [-0.39, 0.29) is 11.9 Å². The molecule has 1 aliphatic heterocycles. The van der Waals surface area contributed by atoms with Gasteiger partial charge in [-0.25, -0.2) is 8.42 Å². The highest BCUT2D eigenvalue weighted by Gasteiger charge is 2.35. The van der Waals surface area contributed by atoms with Crippen LogP contribution in [0.25, 0.3) is 0 Å². The van der Waals surface area contributed by atoms with E-state index < -0.39 is 10.0 Å². The number of rotatable bonds is 5. The third kappa shape index (κ3) is 4.74. The fourth-order valence-corrected chi connectivity index (χ4v) is 5.70. The van der Waals surface area contributed by atoms with Crippen molar-refractivity contribution in [3.63, 3.8) is 0 Å². The molecule has 162 valence electrons. The number of nitrogens with zero attached hydrogens (tertiary/aromatic N) is 1. The Balaban J connectivity index is 1.64. The molecule has 0 aliphatic carbocycles. The van der Waals surface area contributed by atoms with Crippen LogP contribution < -0.4 is 10.2 Å². The summed E-state index contributed by atoms with van der Waals surface area (Å²) in [6.07, 6.45) is 0. The van der Waals surface area contributed by atoms with Crippen molar-refractivity contribution in [1.29, 1.82) is 0 Å². The first-order valence-corrected chi connectivity index (χ1v) is 11.8. The van der Waals surface area contributed by atoms with E-state index >= 15 is 0 Å². The van der Waals surface area contributed by atoms with Gasteiger partial charge >= 0.3 is 0 Å². The largest absolute Gasteiger partial charge is 0.323 e. The van der Waals surface area contributed by atoms with Gasteiger partial charge in [0.15, 0.2) is 6.04 Å². The molecule has 2 aromatic carbocycles. The van der Waals surface area contributed by atoms with Crippen LogP contribution in [-0.2, 0) is 14.8 Å². The number of carbonyl (C=O) groups excluding carboxylic acids is 1. The van der Waals surface area contributed by atoms with Crippen LogP contribution in [-0.4, -0.2) is 50.9 Å². The first kappa shape index (κ1) is 22.5. The second kappa shape index (κ2) is 8.88. The van der Waals surface area contributed by atoms with E-state index in [1.807, 2.05) is 65.0 Å². The van der Waals surface area contributed by atoms with E-state index in [0.29, 0.717) is 31.1 Å². The van der Waals surface area contributed by atoms with Gasteiger partial charge in [0.2, 0.25) is 10.0 Å². The van der Waals surface area contributed by atoms with Crippen LogP contribution in [0.4, 0.5) is 5.69 Å². The third-order valence-corrected chi connectivity index (χ3v) is 8.01. The lowest BCUT2D eigenvalue weighted by Gasteiger charge is -2.34. The van der Waals surface area contributed by atoms with Crippen molar-refractivity contribution in [3.8, 4) is 0 Å². The molecule has 1 heterocycles. The summed E-state index contributed by atoms with van der Waals surface area (Å²) in [5.74, 6) is -0.0391. The van der Waals surface area contributed by atoms with E-state index in [1.165, 1.54) is 0 Å². The first-order valence-electron chi connectivity index (χ1n) is 10.4. The van der Waals surface area contributed by atoms with Gasteiger partial charge in [-0.2, -0.15) is 4.31 Å². The fourth-order valence-electron chi connectivity index (χ4n) is 3.95. The number of sulfonamides is 1. The smallest absolute Gasteiger partial charge is 0.282 e. The van der Waals surface area contributed by atoms with Gasteiger partial charge in [0.1, 0.15) is 0 Å². The van der Waals surface area contributed by atoms with Gasteiger partial charge in [-0.15, -0.1) is 0 Å². The number of carbonyl (C=O) groups is 1. The second-order valence-electron chi connectivity index (χ2n) is 8.36.